The highest BCUT2D eigenvalue weighted by atomic mass is 19.4. The van der Waals surface area contributed by atoms with Crippen LogP contribution >= 0.6 is 0 Å². The van der Waals surface area contributed by atoms with Gasteiger partial charge in [-0.3, -0.25) is 14.7 Å². The Labute approximate surface area is 169 Å². The van der Waals surface area contributed by atoms with Gasteiger partial charge in [-0.2, -0.15) is 13.2 Å². The summed E-state index contributed by atoms with van der Waals surface area (Å²) in [6.07, 6.45) is -1.81. The average molecular weight is 405 g/mol. The quantitative estimate of drug-likeness (QED) is 0.756. The van der Waals surface area contributed by atoms with E-state index in [2.05, 4.69) is 4.90 Å². The van der Waals surface area contributed by atoms with Gasteiger partial charge in [0.1, 0.15) is 0 Å². The fraction of sp³-hybridized carbons (Fsp3) is 0.455. The number of pyridine rings is 1. The van der Waals surface area contributed by atoms with Gasteiger partial charge in [0.15, 0.2) is 0 Å². The molecule has 0 bridgehead atoms. The third-order valence-electron chi connectivity index (χ3n) is 5.28. The number of alkyl halides is 3. The first kappa shape index (κ1) is 21.3. The van der Waals surface area contributed by atoms with Crippen LogP contribution in [0.15, 0.2) is 42.5 Å². The molecule has 2 aromatic rings. The second-order valence-electron chi connectivity index (χ2n) is 7.79. The van der Waals surface area contributed by atoms with E-state index in [0.29, 0.717) is 13.0 Å². The van der Waals surface area contributed by atoms with Gasteiger partial charge in [0.05, 0.1) is 12.1 Å². The molecule has 1 amide bonds. The van der Waals surface area contributed by atoms with Gasteiger partial charge in [-0.25, -0.2) is 0 Å². The molecule has 156 valence electrons. The number of halogens is 3. The summed E-state index contributed by atoms with van der Waals surface area (Å²) < 4.78 is 38.2. The van der Waals surface area contributed by atoms with Crippen molar-refractivity contribution in [3.63, 3.8) is 0 Å². The Hall–Kier alpha value is -2.41. The average Bonchev–Trinajstić information content (AvgIpc) is 2.68. The fourth-order valence-corrected chi connectivity index (χ4v) is 3.62. The maximum absolute atomic E-state index is 12.7. The van der Waals surface area contributed by atoms with Gasteiger partial charge < -0.3 is 4.90 Å². The highest BCUT2D eigenvalue weighted by molar-refractivity contribution is 5.77. The summed E-state index contributed by atoms with van der Waals surface area (Å²) in [7, 11) is 3.52. The molecule has 0 saturated carbocycles. The summed E-state index contributed by atoms with van der Waals surface area (Å²) in [6.45, 7) is 2.10. The molecular formula is C22H26F3N3O. The standard InChI is InChI=1S/C22H26F3N3O/c1-27(2)21(29)15-28-12-4-5-17(14-28)20-7-3-6-19(26-20)13-16-8-10-18(11-9-16)22(23,24)25/h3,6-11,17H,4-5,12-15H2,1-2H3/t17-/m1/s1. The number of carbonyl (C=O) groups is 1. The minimum absolute atomic E-state index is 0.0923. The van der Waals surface area contributed by atoms with Crippen LogP contribution in [0.5, 0.6) is 0 Å². The maximum Gasteiger partial charge on any atom is 0.416 e. The number of rotatable bonds is 5. The largest absolute Gasteiger partial charge is 0.416 e. The molecule has 29 heavy (non-hydrogen) atoms. The normalized spacial score (nSPS) is 17.9. The van der Waals surface area contributed by atoms with Gasteiger partial charge in [0.25, 0.3) is 0 Å². The maximum atomic E-state index is 12.7. The minimum Gasteiger partial charge on any atom is -0.348 e. The van der Waals surface area contributed by atoms with Gasteiger partial charge >= 0.3 is 6.18 Å². The van der Waals surface area contributed by atoms with Crippen LogP contribution in [-0.2, 0) is 17.4 Å². The fourth-order valence-electron chi connectivity index (χ4n) is 3.62. The molecule has 0 unspecified atom stereocenters. The molecule has 1 aromatic carbocycles. The second-order valence-corrected chi connectivity index (χ2v) is 7.79. The molecule has 1 fully saturated rings. The molecule has 0 N–H and O–H groups in total. The van der Waals surface area contributed by atoms with Gasteiger partial charge in [-0.05, 0) is 49.2 Å². The topological polar surface area (TPSA) is 36.4 Å². The van der Waals surface area contributed by atoms with Crippen molar-refractivity contribution in [2.24, 2.45) is 0 Å². The molecule has 1 aliphatic rings. The predicted octanol–water partition coefficient (Wildman–Crippen LogP) is 3.96. The van der Waals surface area contributed by atoms with Crippen LogP contribution < -0.4 is 0 Å². The van der Waals surface area contributed by atoms with Gasteiger partial charge in [-0.15, -0.1) is 0 Å². The van der Waals surface area contributed by atoms with Crippen molar-refractivity contribution in [1.82, 2.24) is 14.8 Å². The summed E-state index contributed by atoms with van der Waals surface area (Å²) in [5, 5.41) is 0. The molecule has 1 saturated heterocycles. The zero-order valence-electron chi connectivity index (χ0n) is 16.7. The number of benzene rings is 1. The minimum atomic E-state index is -4.32. The summed E-state index contributed by atoms with van der Waals surface area (Å²) in [6, 6.07) is 11.1. The van der Waals surface area contributed by atoms with Crippen LogP contribution in [0.2, 0.25) is 0 Å². The number of aromatic nitrogens is 1. The van der Waals surface area contributed by atoms with E-state index in [-0.39, 0.29) is 11.8 Å². The SMILES string of the molecule is CN(C)C(=O)CN1CCC[C@@H](c2cccc(Cc3ccc(C(F)(F)F)cc3)n2)C1. The summed E-state index contributed by atoms with van der Waals surface area (Å²) in [5.41, 5.74) is 1.97. The molecule has 1 aliphatic heterocycles. The van der Waals surface area contributed by atoms with Gasteiger partial charge in [0.2, 0.25) is 5.91 Å². The van der Waals surface area contributed by atoms with Crippen molar-refractivity contribution in [1.29, 1.82) is 0 Å². The number of hydrogen-bond donors (Lipinski definition) is 0. The molecule has 0 radical (unpaired) electrons. The number of likely N-dealkylation sites (tertiary alicyclic amines) is 1. The van der Waals surface area contributed by atoms with Crippen molar-refractivity contribution in [2.75, 3.05) is 33.7 Å². The van der Waals surface area contributed by atoms with E-state index < -0.39 is 11.7 Å². The van der Waals surface area contributed by atoms with Crippen molar-refractivity contribution >= 4 is 5.91 Å². The lowest BCUT2D eigenvalue weighted by Crippen LogP contribution is -2.41. The van der Waals surface area contributed by atoms with E-state index in [0.717, 1.165) is 55.0 Å². The van der Waals surface area contributed by atoms with Gasteiger partial charge in [-0.1, -0.05) is 18.2 Å². The van der Waals surface area contributed by atoms with Crippen molar-refractivity contribution in [3.05, 3.63) is 65.0 Å². The van der Waals surface area contributed by atoms with Crippen molar-refractivity contribution in [3.8, 4) is 0 Å². The summed E-state index contributed by atoms with van der Waals surface area (Å²) >= 11 is 0. The smallest absolute Gasteiger partial charge is 0.348 e. The van der Waals surface area contributed by atoms with E-state index in [1.54, 1.807) is 19.0 Å². The highest BCUT2D eigenvalue weighted by Gasteiger charge is 2.30. The van der Waals surface area contributed by atoms with Gasteiger partial charge in [0, 0.05) is 44.4 Å². The Morgan fingerprint density at radius 1 is 1.17 bits per heavy atom. The van der Waals surface area contributed by atoms with Crippen LogP contribution in [0.25, 0.3) is 0 Å². The lowest BCUT2D eigenvalue weighted by Gasteiger charge is -2.32. The van der Waals surface area contributed by atoms with Crippen molar-refractivity contribution < 1.29 is 18.0 Å². The first-order valence-corrected chi connectivity index (χ1v) is 9.77. The highest BCUT2D eigenvalue weighted by Crippen LogP contribution is 2.30. The van der Waals surface area contributed by atoms with Crippen LogP contribution in [0.1, 0.15) is 41.3 Å². The van der Waals surface area contributed by atoms with Crippen LogP contribution in [0.3, 0.4) is 0 Å². The van der Waals surface area contributed by atoms with E-state index in [1.807, 2.05) is 18.2 Å². The van der Waals surface area contributed by atoms with Crippen LogP contribution in [-0.4, -0.2) is 54.4 Å². The van der Waals surface area contributed by atoms with E-state index in [1.165, 1.54) is 12.1 Å². The number of nitrogens with zero attached hydrogens (tertiary/aromatic N) is 3. The Kier molecular flexibility index (Phi) is 6.57. The zero-order chi connectivity index (χ0) is 21.0. The lowest BCUT2D eigenvalue weighted by molar-refractivity contribution is -0.137. The first-order chi connectivity index (χ1) is 13.7. The van der Waals surface area contributed by atoms with E-state index in [9.17, 15) is 18.0 Å². The molecule has 4 nitrogen and oxygen atoms in total. The Morgan fingerprint density at radius 3 is 2.55 bits per heavy atom. The summed E-state index contributed by atoms with van der Waals surface area (Å²) in [4.78, 5) is 20.5. The Morgan fingerprint density at radius 2 is 1.90 bits per heavy atom. The first-order valence-electron chi connectivity index (χ1n) is 9.77. The zero-order valence-corrected chi connectivity index (χ0v) is 16.7. The number of hydrogen-bond acceptors (Lipinski definition) is 3. The lowest BCUT2D eigenvalue weighted by atomic mass is 9.94. The molecule has 0 aliphatic carbocycles. The molecule has 2 heterocycles. The van der Waals surface area contributed by atoms with Crippen LogP contribution in [0.4, 0.5) is 13.2 Å². The summed E-state index contributed by atoms with van der Waals surface area (Å²) in [5.74, 6) is 0.348. The molecule has 7 heteroatoms. The Bertz CT molecular complexity index is 834. The monoisotopic (exact) mass is 405 g/mol. The number of piperidine rings is 1. The molecule has 3 rings (SSSR count). The molecule has 0 spiro atoms. The molecule has 1 atom stereocenters. The van der Waals surface area contributed by atoms with Crippen LogP contribution in [0, 0.1) is 0 Å². The number of carbonyl (C=O) groups excluding carboxylic acids is 1. The number of amides is 1. The van der Waals surface area contributed by atoms with Crippen molar-refractivity contribution in [2.45, 2.75) is 31.4 Å². The number of likely N-dealkylation sites (N-methyl/N-ethyl adjacent to an activating group) is 1. The molecule has 1 aromatic heterocycles. The predicted molar refractivity (Wildman–Crippen MR) is 106 cm³/mol. The van der Waals surface area contributed by atoms with E-state index in [4.69, 9.17) is 4.98 Å². The molecular weight excluding hydrogens is 379 g/mol. The Balaban J connectivity index is 1.67. The third-order valence-corrected chi connectivity index (χ3v) is 5.28. The third kappa shape index (κ3) is 5.79. The second kappa shape index (κ2) is 8.95. The van der Waals surface area contributed by atoms with E-state index >= 15 is 0 Å².